The molecule has 6 aromatic rings. The van der Waals surface area contributed by atoms with Crippen LogP contribution in [-0.4, -0.2) is 106 Å². The number of aliphatic hydroxyl groups excluding tert-OH is 1. The van der Waals surface area contributed by atoms with Crippen molar-refractivity contribution in [2.24, 2.45) is 0 Å². The minimum Gasteiger partial charge on any atom is -0.545 e. The highest BCUT2D eigenvalue weighted by molar-refractivity contribution is 7.66. The van der Waals surface area contributed by atoms with Gasteiger partial charge in [-0.15, -0.1) is 0 Å². The number of nitrogens with zero attached hydrogens (tertiary/aromatic N) is 7. The number of nitrogen functional groups attached to an aromatic ring is 1. The highest BCUT2D eigenvalue weighted by atomic mass is 31.3. The zero-order valence-electron chi connectivity index (χ0n) is 44.5. The molecule has 2 unspecified atom stereocenters. The molecule has 0 amide bonds. The van der Waals surface area contributed by atoms with Crippen LogP contribution in [0.4, 0.5) is 17.3 Å². The van der Waals surface area contributed by atoms with Crippen LogP contribution in [0.5, 0.6) is 17.4 Å². The van der Waals surface area contributed by atoms with Gasteiger partial charge in [0.25, 0.3) is 5.69 Å². The van der Waals surface area contributed by atoms with E-state index >= 15 is 0 Å². The largest absolute Gasteiger partial charge is 0.545 e. The maximum atomic E-state index is 14.2. The van der Waals surface area contributed by atoms with Crippen LogP contribution >= 0.6 is 23.5 Å². The van der Waals surface area contributed by atoms with E-state index in [9.17, 15) is 53.4 Å². The third-order valence-corrected chi connectivity index (χ3v) is 19.4. The summed E-state index contributed by atoms with van der Waals surface area (Å²) in [5, 5.41) is 38.3. The number of carbonyl (C=O) groups excluding carboxylic acids is 2. The van der Waals surface area contributed by atoms with E-state index in [0.29, 0.717) is 11.1 Å². The number of nitrogens with two attached hydrogens (primary N) is 1. The molecular formula is C54H53N8O19P3. The van der Waals surface area contributed by atoms with Gasteiger partial charge in [0.1, 0.15) is 43.5 Å². The standard InChI is InChI=1S/C54H53N8O19P3/c55-54-57-51-46(56-28-61(51)44-25-42(64)43(78-44)27-77-83(72,73)81-84(74,75)80-82(69,70)71)52(58-54)76-26-33-14-13-29(21-40(33)62(67)68)7-1-2-12-41(63)30-15-16-34(53(65)66)37(22-30)45-38-23-31-8-3-17-59-19-5-10-35(47(31)59)49(38)79-50-36-11-6-20-60-18-4-9-32(48(36)60)24-39(45)50/h13-16,21-24,28,42-44,64H,2-6,8-12,17-20,25-27H2,(H6-,55,57,58,65,66,69,70,71,72,73,74,75)/t42-,43-,44-/m1/s1. The van der Waals surface area contributed by atoms with Gasteiger partial charge >= 0.3 is 23.5 Å². The van der Waals surface area contributed by atoms with E-state index in [2.05, 4.69) is 61.5 Å². The second kappa shape index (κ2) is 22.3. The lowest BCUT2D eigenvalue weighted by atomic mass is 9.81. The van der Waals surface area contributed by atoms with E-state index < -0.39 is 66.0 Å². The number of ether oxygens (including phenoxy) is 3. The molecule has 8 heterocycles. The number of hydrogen-bond donors (Lipinski definition) is 6. The number of imidazole rings is 1. The highest BCUT2D eigenvalue weighted by Crippen LogP contribution is 2.66. The predicted molar refractivity (Wildman–Crippen MR) is 293 cm³/mol. The number of phosphoric ester groups is 1. The smallest absolute Gasteiger partial charge is 0.490 e. The molecule has 6 aliphatic heterocycles. The van der Waals surface area contributed by atoms with Crippen LogP contribution in [0.2, 0.25) is 0 Å². The number of nitro groups is 1. The van der Waals surface area contributed by atoms with Gasteiger partial charge in [0.2, 0.25) is 17.2 Å². The summed E-state index contributed by atoms with van der Waals surface area (Å²) >= 11 is 0. The Hall–Kier alpha value is -7.27. The zero-order valence-corrected chi connectivity index (χ0v) is 47.1. The average Bonchev–Trinajstić information content (AvgIpc) is 2.46. The summed E-state index contributed by atoms with van der Waals surface area (Å²) in [7, 11) is -17.0. The monoisotopic (exact) mass is 1210 g/mol. The quantitative estimate of drug-likeness (QED) is 0.0189. The van der Waals surface area contributed by atoms with Crippen molar-refractivity contribution in [2.45, 2.75) is 95.7 Å². The summed E-state index contributed by atoms with van der Waals surface area (Å²) in [4.78, 5) is 90.9. The minimum atomic E-state index is -5.80. The van der Waals surface area contributed by atoms with Gasteiger partial charge < -0.3 is 59.4 Å². The fourth-order valence-corrected chi connectivity index (χ4v) is 15.2. The van der Waals surface area contributed by atoms with Crippen molar-refractivity contribution in [2.75, 3.05) is 43.4 Å². The third-order valence-electron chi connectivity index (χ3n) is 15.6. The van der Waals surface area contributed by atoms with E-state index in [0.717, 1.165) is 111 Å². The number of aryl methyl sites for hydroxylation is 2. The number of carbonyl (C=O) groups is 2. The number of aromatic nitrogens is 4. The number of Topliss-reactive ketones (excluding diaryl/α,β-unsaturated/α-hetero) is 1. The second-order valence-corrected chi connectivity index (χ2v) is 25.5. The third kappa shape index (κ3) is 11.3. The lowest BCUT2D eigenvalue weighted by Gasteiger charge is -2.39. The predicted octanol–water partition coefficient (Wildman–Crippen LogP) is 3.70. The van der Waals surface area contributed by atoms with E-state index in [-0.39, 0.29) is 76.0 Å². The first-order valence-electron chi connectivity index (χ1n) is 26.9. The SMILES string of the molecule is Nc1nc(OCc2ccc(C#CCCC(=O)c3ccc(C(=O)[O-])c(C4=c5cc6c7c(c5Oc5c4cc4c8c5CCCN8CCC4)CCC[N+]=7CCC6)c3)cc2[N+](=O)[O-])c2ncn([C@H]3C[C@@H](O)[C@@H](COP(=O)(O)OP(=O)(O)OP(=O)(O)O)O3)c2n1. The van der Waals surface area contributed by atoms with Crippen molar-refractivity contribution in [3.05, 3.63) is 131 Å². The Morgan fingerprint density at radius 3 is 2.43 bits per heavy atom. The van der Waals surface area contributed by atoms with E-state index in [4.69, 9.17) is 29.7 Å². The fourth-order valence-electron chi connectivity index (χ4n) is 12.2. The number of rotatable bonds is 17. The molecule has 0 saturated carbocycles. The normalized spacial score (nSPS) is 20.1. The number of hydrogen-bond acceptors (Lipinski definition) is 20. The van der Waals surface area contributed by atoms with Crippen LogP contribution in [0.15, 0.2) is 54.9 Å². The zero-order chi connectivity index (χ0) is 59.0. The summed E-state index contributed by atoms with van der Waals surface area (Å²) in [6.07, 6.45) is 4.50. The van der Waals surface area contributed by atoms with Gasteiger partial charge in [-0.25, -0.2) is 23.3 Å². The van der Waals surface area contributed by atoms with Crippen molar-refractivity contribution in [1.29, 1.82) is 0 Å². The van der Waals surface area contributed by atoms with Gasteiger partial charge in [0, 0.05) is 101 Å². The number of anilines is 2. The van der Waals surface area contributed by atoms with Crippen molar-refractivity contribution >= 4 is 69.3 Å². The van der Waals surface area contributed by atoms with E-state index in [1.54, 1.807) is 12.1 Å². The molecule has 27 nitrogen and oxygen atoms in total. The molecule has 6 aliphatic rings. The molecule has 0 radical (unpaired) electrons. The molecule has 1 saturated heterocycles. The van der Waals surface area contributed by atoms with Gasteiger partial charge in [0.05, 0.1) is 41.1 Å². The number of carboxylic acids is 1. The van der Waals surface area contributed by atoms with Crippen molar-refractivity contribution in [3.8, 4) is 29.2 Å². The van der Waals surface area contributed by atoms with Crippen molar-refractivity contribution < 1.29 is 85.3 Å². The first kappa shape index (κ1) is 57.2. The molecule has 0 bridgehead atoms. The molecular weight excluding hydrogens is 1160 g/mol. The summed E-state index contributed by atoms with van der Waals surface area (Å²) in [6, 6.07) is 13.2. The number of nitro benzene ring substituents is 1. The summed E-state index contributed by atoms with van der Waals surface area (Å²) in [5.41, 5.74) is 14.1. The average molecular weight is 1210 g/mol. The van der Waals surface area contributed by atoms with E-state index in [1.165, 1.54) is 57.3 Å². The van der Waals surface area contributed by atoms with Crippen LogP contribution in [0.1, 0.15) is 116 Å². The van der Waals surface area contributed by atoms with Gasteiger partial charge in [-0.3, -0.25) is 24.0 Å². The molecule has 0 aliphatic carbocycles. The number of aromatic carboxylic acids is 1. The van der Waals surface area contributed by atoms with Crippen LogP contribution in [0.3, 0.4) is 0 Å². The number of phosphoric acid groups is 3. The van der Waals surface area contributed by atoms with Crippen LogP contribution in [0, 0.1) is 22.0 Å². The lowest BCUT2D eigenvalue weighted by Crippen LogP contribution is -2.45. The Morgan fingerprint density at radius 1 is 0.893 bits per heavy atom. The Kier molecular flexibility index (Phi) is 15.2. The summed E-state index contributed by atoms with van der Waals surface area (Å²) < 4.78 is 69.6. The van der Waals surface area contributed by atoms with E-state index in [1.807, 2.05) is 0 Å². The molecule has 84 heavy (non-hydrogen) atoms. The number of aliphatic hydroxyl groups is 1. The Bertz CT molecular complexity index is 4150. The number of fused-ring (bicyclic) bond motifs is 5. The molecule has 7 N–H and O–H groups in total. The fraction of sp³-hybridized carbons (Fsp3) is 0.370. The van der Waals surface area contributed by atoms with Gasteiger partial charge in [-0.05, 0) is 80.0 Å². The Morgan fingerprint density at radius 2 is 1.65 bits per heavy atom. The molecule has 30 heteroatoms. The van der Waals surface area contributed by atoms with Crippen molar-refractivity contribution in [1.82, 2.24) is 24.1 Å². The lowest BCUT2D eigenvalue weighted by molar-refractivity contribution is -0.385. The molecule has 4 aromatic carbocycles. The summed E-state index contributed by atoms with van der Waals surface area (Å²) in [5.74, 6) is 5.19. The molecule has 12 rings (SSSR count). The van der Waals surface area contributed by atoms with Crippen LogP contribution < -0.4 is 40.4 Å². The molecule has 5 atom stereocenters. The van der Waals surface area contributed by atoms with Crippen LogP contribution in [-0.2, 0) is 63.9 Å². The molecule has 0 spiro atoms. The Balaban J connectivity index is 0.757. The minimum absolute atomic E-state index is 0.0148. The topological polar surface area (TPSA) is 384 Å². The highest BCUT2D eigenvalue weighted by Gasteiger charge is 2.44. The maximum Gasteiger partial charge on any atom is 0.490 e. The summed E-state index contributed by atoms with van der Waals surface area (Å²) in [6.45, 7) is 2.51. The Labute approximate surface area is 476 Å². The van der Waals surface area contributed by atoms with Crippen molar-refractivity contribution in [3.63, 3.8) is 0 Å². The first-order valence-corrected chi connectivity index (χ1v) is 31.4. The number of ketones is 1. The molecule has 2 aromatic heterocycles. The molecule has 1 fully saturated rings. The van der Waals surface area contributed by atoms with Crippen LogP contribution in [0.25, 0.3) is 16.7 Å². The maximum absolute atomic E-state index is 14.2. The molecule has 438 valence electrons. The van der Waals surface area contributed by atoms with Gasteiger partial charge in [-0.1, -0.05) is 24.0 Å². The number of carboxylic acid groups (broad SMARTS) is 1. The van der Waals surface area contributed by atoms with Gasteiger partial charge in [-0.2, -0.15) is 18.6 Å². The van der Waals surface area contributed by atoms with Gasteiger partial charge in [0.15, 0.2) is 16.9 Å². The second-order valence-electron chi connectivity index (χ2n) is 21.0. The first-order chi connectivity index (χ1) is 40.1. The number of benzene rings is 4.